The van der Waals surface area contributed by atoms with E-state index in [1.165, 1.54) is 0 Å². The van der Waals surface area contributed by atoms with Gasteiger partial charge in [0.1, 0.15) is 11.5 Å². The van der Waals surface area contributed by atoms with Gasteiger partial charge in [0.2, 0.25) is 0 Å². The molecule has 0 amide bonds. The lowest BCUT2D eigenvalue weighted by Gasteiger charge is -2.14. The molecular weight excluding hydrogens is 304 g/mol. The number of hydrogen-bond donors (Lipinski definition) is 2. The predicted molar refractivity (Wildman–Crippen MR) is 89.6 cm³/mol. The highest BCUT2D eigenvalue weighted by Gasteiger charge is 2.07. The summed E-state index contributed by atoms with van der Waals surface area (Å²) in [6.07, 6.45) is 1.02. The second-order valence-corrected chi connectivity index (χ2v) is 4.76. The first-order valence-electron chi connectivity index (χ1n) is 7.03. The summed E-state index contributed by atoms with van der Waals surface area (Å²) in [4.78, 5) is 11.2. The first-order chi connectivity index (χ1) is 10.6. The van der Waals surface area contributed by atoms with Crippen LogP contribution in [0.2, 0.25) is 0 Å². The number of carbonyl (C=O) groups is 1. The monoisotopic (exact) mass is 326 g/mol. The highest BCUT2D eigenvalue weighted by Crippen LogP contribution is 2.28. The van der Waals surface area contributed by atoms with Crippen molar-refractivity contribution in [2.75, 3.05) is 32.7 Å². The van der Waals surface area contributed by atoms with Gasteiger partial charge in [-0.2, -0.15) is 0 Å². The van der Waals surface area contributed by atoms with Gasteiger partial charge in [0.25, 0.3) is 0 Å². The molecule has 122 valence electrons. The van der Waals surface area contributed by atoms with Gasteiger partial charge < -0.3 is 24.8 Å². The SMILES string of the molecule is CCOC(=O)CCCNC(=S)Nc1cc(OC)ccc1OC. The van der Waals surface area contributed by atoms with E-state index in [1.54, 1.807) is 39.3 Å². The molecule has 0 fully saturated rings. The molecule has 0 saturated heterocycles. The number of hydrogen-bond acceptors (Lipinski definition) is 5. The van der Waals surface area contributed by atoms with Crippen molar-refractivity contribution in [2.45, 2.75) is 19.8 Å². The Kier molecular flexibility index (Phi) is 8.06. The largest absolute Gasteiger partial charge is 0.497 e. The highest BCUT2D eigenvalue weighted by molar-refractivity contribution is 7.80. The topological polar surface area (TPSA) is 68.8 Å². The molecule has 0 aliphatic carbocycles. The van der Waals surface area contributed by atoms with Gasteiger partial charge in [-0.1, -0.05) is 0 Å². The van der Waals surface area contributed by atoms with Crippen LogP contribution >= 0.6 is 12.2 Å². The van der Waals surface area contributed by atoms with Gasteiger partial charge in [-0.25, -0.2) is 0 Å². The van der Waals surface area contributed by atoms with E-state index in [0.29, 0.717) is 48.3 Å². The van der Waals surface area contributed by atoms with Gasteiger partial charge in [0.05, 0.1) is 26.5 Å². The van der Waals surface area contributed by atoms with Gasteiger partial charge in [0, 0.05) is 19.0 Å². The fourth-order valence-electron chi connectivity index (χ4n) is 1.75. The summed E-state index contributed by atoms with van der Waals surface area (Å²) < 4.78 is 15.3. The molecule has 2 N–H and O–H groups in total. The first kappa shape index (κ1) is 18.0. The molecule has 0 aromatic heterocycles. The molecule has 0 radical (unpaired) electrons. The second-order valence-electron chi connectivity index (χ2n) is 4.36. The summed E-state index contributed by atoms with van der Waals surface area (Å²) in [6, 6.07) is 5.40. The van der Waals surface area contributed by atoms with E-state index < -0.39 is 0 Å². The Bertz CT molecular complexity index is 508. The van der Waals surface area contributed by atoms with Gasteiger partial charge in [-0.05, 0) is 37.7 Å². The van der Waals surface area contributed by atoms with Crippen molar-refractivity contribution < 1.29 is 19.0 Å². The standard InChI is InChI=1S/C15H22N2O4S/c1-4-21-14(18)6-5-9-16-15(22)17-12-10-11(19-2)7-8-13(12)20-3/h7-8,10H,4-6,9H2,1-3H3,(H2,16,17,22). The minimum atomic E-state index is -0.197. The lowest BCUT2D eigenvalue weighted by Crippen LogP contribution is -2.29. The fourth-order valence-corrected chi connectivity index (χ4v) is 1.96. The Hall–Kier alpha value is -2.02. The molecule has 0 unspecified atom stereocenters. The Morgan fingerprint density at radius 1 is 1.27 bits per heavy atom. The van der Waals surface area contributed by atoms with Gasteiger partial charge >= 0.3 is 5.97 Å². The number of nitrogens with one attached hydrogen (secondary N) is 2. The van der Waals surface area contributed by atoms with Crippen molar-refractivity contribution in [1.82, 2.24) is 5.32 Å². The number of ether oxygens (including phenoxy) is 3. The summed E-state index contributed by atoms with van der Waals surface area (Å²) in [6.45, 7) is 2.77. The van der Waals surface area contributed by atoms with Gasteiger partial charge in [0.15, 0.2) is 5.11 Å². The van der Waals surface area contributed by atoms with Crippen molar-refractivity contribution in [1.29, 1.82) is 0 Å². The van der Waals surface area contributed by atoms with Crippen LogP contribution in [0.1, 0.15) is 19.8 Å². The quantitative estimate of drug-likeness (QED) is 0.432. The molecule has 7 heteroatoms. The molecule has 0 aliphatic heterocycles. The van der Waals surface area contributed by atoms with Crippen molar-refractivity contribution in [3.05, 3.63) is 18.2 Å². The zero-order valence-electron chi connectivity index (χ0n) is 13.1. The highest BCUT2D eigenvalue weighted by atomic mass is 32.1. The average Bonchev–Trinajstić information content (AvgIpc) is 2.51. The zero-order valence-corrected chi connectivity index (χ0v) is 13.9. The summed E-state index contributed by atoms with van der Waals surface area (Å²) in [7, 11) is 3.18. The molecule has 0 spiro atoms. The first-order valence-corrected chi connectivity index (χ1v) is 7.44. The molecule has 6 nitrogen and oxygen atoms in total. The molecule has 0 heterocycles. The van der Waals surface area contributed by atoms with Gasteiger partial charge in [-0.15, -0.1) is 0 Å². The second kappa shape index (κ2) is 9.83. The number of carbonyl (C=O) groups excluding carboxylic acids is 1. The number of rotatable bonds is 8. The minimum absolute atomic E-state index is 0.197. The van der Waals surface area contributed by atoms with E-state index in [4.69, 9.17) is 26.4 Å². The van der Waals surface area contributed by atoms with Crippen LogP contribution in [0.25, 0.3) is 0 Å². The van der Waals surface area contributed by atoms with Crippen LogP contribution in [0.3, 0.4) is 0 Å². The molecule has 0 aliphatic rings. The normalized spacial score (nSPS) is 9.77. The van der Waals surface area contributed by atoms with E-state index in [-0.39, 0.29) is 5.97 Å². The van der Waals surface area contributed by atoms with Crippen LogP contribution in [0, 0.1) is 0 Å². The Morgan fingerprint density at radius 2 is 2.05 bits per heavy atom. The molecule has 0 bridgehead atoms. The Morgan fingerprint density at radius 3 is 2.68 bits per heavy atom. The minimum Gasteiger partial charge on any atom is -0.497 e. The fraction of sp³-hybridized carbons (Fsp3) is 0.467. The third kappa shape index (κ3) is 6.17. The Labute approximate surface area is 136 Å². The molecule has 1 rings (SSSR count). The van der Waals surface area contributed by atoms with E-state index in [9.17, 15) is 4.79 Å². The number of benzene rings is 1. The molecule has 22 heavy (non-hydrogen) atoms. The van der Waals surface area contributed by atoms with Crippen LogP contribution in [0.5, 0.6) is 11.5 Å². The molecule has 1 aromatic rings. The lowest BCUT2D eigenvalue weighted by molar-refractivity contribution is -0.143. The average molecular weight is 326 g/mol. The molecule has 1 aromatic carbocycles. The number of thiocarbonyl (C=S) groups is 1. The van der Waals surface area contributed by atoms with Crippen molar-refractivity contribution >= 4 is 29.0 Å². The third-order valence-electron chi connectivity index (χ3n) is 2.80. The summed E-state index contributed by atoms with van der Waals surface area (Å²) in [5.74, 6) is 1.17. The van der Waals surface area contributed by atoms with E-state index in [1.807, 2.05) is 0 Å². The molecule has 0 atom stereocenters. The van der Waals surface area contributed by atoms with Crippen molar-refractivity contribution in [3.8, 4) is 11.5 Å². The van der Waals surface area contributed by atoms with Crippen LogP contribution in [0.15, 0.2) is 18.2 Å². The van der Waals surface area contributed by atoms with Crippen LogP contribution < -0.4 is 20.1 Å². The van der Waals surface area contributed by atoms with Crippen LogP contribution in [0.4, 0.5) is 5.69 Å². The Balaban J connectivity index is 2.43. The zero-order chi connectivity index (χ0) is 16.4. The number of methoxy groups -OCH3 is 2. The summed E-state index contributed by atoms with van der Waals surface area (Å²) in [5, 5.41) is 6.54. The maximum Gasteiger partial charge on any atom is 0.305 e. The number of esters is 1. The maximum atomic E-state index is 11.2. The predicted octanol–water partition coefficient (Wildman–Crippen LogP) is 2.33. The molecule has 0 saturated carbocycles. The van der Waals surface area contributed by atoms with Crippen molar-refractivity contribution in [3.63, 3.8) is 0 Å². The summed E-state index contributed by atoms with van der Waals surface area (Å²) in [5.41, 5.74) is 0.713. The number of anilines is 1. The summed E-state index contributed by atoms with van der Waals surface area (Å²) >= 11 is 5.22. The molecular formula is C15H22N2O4S. The van der Waals surface area contributed by atoms with Crippen molar-refractivity contribution in [2.24, 2.45) is 0 Å². The lowest BCUT2D eigenvalue weighted by atomic mass is 10.2. The van der Waals surface area contributed by atoms with Crippen LogP contribution in [-0.2, 0) is 9.53 Å². The maximum absolute atomic E-state index is 11.2. The third-order valence-corrected chi connectivity index (χ3v) is 3.05. The van der Waals surface area contributed by atoms with Crippen LogP contribution in [-0.4, -0.2) is 38.5 Å². The smallest absolute Gasteiger partial charge is 0.305 e. The van der Waals surface area contributed by atoms with E-state index in [0.717, 1.165) is 0 Å². The van der Waals surface area contributed by atoms with Gasteiger partial charge in [-0.3, -0.25) is 4.79 Å². The van der Waals surface area contributed by atoms with E-state index >= 15 is 0 Å². The van der Waals surface area contributed by atoms with E-state index in [2.05, 4.69) is 10.6 Å².